The summed E-state index contributed by atoms with van der Waals surface area (Å²) in [4.78, 5) is 34.7. The van der Waals surface area contributed by atoms with Crippen molar-refractivity contribution in [2.24, 2.45) is 5.10 Å². The number of nitrogens with zero attached hydrogens (tertiary/aromatic N) is 2. The van der Waals surface area contributed by atoms with Crippen molar-refractivity contribution in [1.29, 1.82) is 0 Å². The van der Waals surface area contributed by atoms with Crippen LogP contribution in [0.4, 0.5) is 5.69 Å². The highest BCUT2D eigenvalue weighted by molar-refractivity contribution is 6.43. The number of hydrogen-bond acceptors (Lipinski definition) is 4. The molecule has 0 aliphatic carbocycles. The molecule has 110 valence electrons. The summed E-state index contributed by atoms with van der Waals surface area (Å²) in [5, 5.41) is 16.8. The predicted octanol–water partition coefficient (Wildman–Crippen LogP) is 1.24. The van der Waals surface area contributed by atoms with Crippen molar-refractivity contribution in [3.05, 3.63) is 29.3 Å². The van der Waals surface area contributed by atoms with E-state index in [0.29, 0.717) is 5.56 Å². The quantitative estimate of drug-likeness (QED) is 0.874. The van der Waals surface area contributed by atoms with Crippen molar-refractivity contribution in [2.75, 3.05) is 12.4 Å². The molecule has 0 fully saturated rings. The second-order valence-electron chi connectivity index (χ2n) is 4.72. The molecule has 2 N–H and O–H groups in total. The van der Waals surface area contributed by atoms with Gasteiger partial charge in [0.05, 0.1) is 11.3 Å². The van der Waals surface area contributed by atoms with Gasteiger partial charge in [-0.3, -0.25) is 9.59 Å². The molecule has 0 spiro atoms. The molecule has 0 bridgehead atoms. The number of rotatable bonds is 3. The van der Waals surface area contributed by atoms with Crippen molar-refractivity contribution in [1.82, 2.24) is 5.01 Å². The lowest BCUT2D eigenvalue weighted by molar-refractivity contribution is -0.130. The molecule has 0 radical (unpaired) electrons. The highest BCUT2D eigenvalue weighted by atomic mass is 16.4. The van der Waals surface area contributed by atoms with Gasteiger partial charge in [0, 0.05) is 19.9 Å². The van der Waals surface area contributed by atoms with E-state index in [9.17, 15) is 14.4 Å². The number of aromatic carboxylic acids is 1. The number of amides is 2. The third-order valence-corrected chi connectivity index (χ3v) is 3.21. The third kappa shape index (κ3) is 3.07. The van der Waals surface area contributed by atoms with E-state index in [0.717, 1.165) is 5.01 Å². The fourth-order valence-corrected chi connectivity index (χ4v) is 2.03. The molecule has 0 saturated heterocycles. The van der Waals surface area contributed by atoms with E-state index in [1.165, 1.54) is 13.1 Å². The molecule has 1 aromatic rings. The Morgan fingerprint density at radius 1 is 1.33 bits per heavy atom. The summed E-state index contributed by atoms with van der Waals surface area (Å²) in [6.45, 7) is 1.71. The maximum atomic E-state index is 12.2. The fraction of sp³-hybridized carbons (Fsp3) is 0.286. The van der Waals surface area contributed by atoms with Crippen LogP contribution in [0.5, 0.6) is 0 Å². The number of benzene rings is 1. The normalized spacial score (nSPS) is 14.7. The van der Waals surface area contributed by atoms with Gasteiger partial charge in [-0.05, 0) is 18.6 Å². The van der Waals surface area contributed by atoms with Crippen molar-refractivity contribution >= 4 is 29.2 Å². The van der Waals surface area contributed by atoms with E-state index in [1.807, 2.05) is 0 Å². The molecule has 1 aliphatic rings. The summed E-state index contributed by atoms with van der Waals surface area (Å²) in [5.74, 6) is -1.77. The lowest BCUT2D eigenvalue weighted by atomic mass is 10.1. The SMILES string of the molecule is Cc1cccc(C(=O)O)c1NC(=O)C1=NN(C)C(=O)CC1. The van der Waals surface area contributed by atoms with Gasteiger partial charge in [0.25, 0.3) is 5.91 Å². The van der Waals surface area contributed by atoms with E-state index in [2.05, 4.69) is 10.4 Å². The van der Waals surface area contributed by atoms with Crippen molar-refractivity contribution in [3.8, 4) is 0 Å². The summed E-state index contributed by atoms with van der Waals surface area (Å²) in [6, 6.07) is 4.74. The van der Waals surface area contributed by atoms with Crippen LogP contribution in [0.25, 0.3) is 0 Å². The van der Waals surface area contributed by atoms with Gasteiger partial charge in [-0.25, -0.2) is 9.80 Å². The standard InChI is InChI=1S/C14H15N3O4/c1-8-4-3-5-9(14(20)21)12(8)15-13(19)10-6-7-11(18)17(2)16-10/h3-5H,6-7H2,1-2H3,(H,15,19)(H,20,21). The molecule has 21 heavy (non-hydrogen) atoms. The van der Waals surface area contributed by atoms with Gasteiger partial charge in [0.1, 0.15) is 5.71 Å². The minimum atomic E-state index is -1.12. The summed E-state index contributed by atoms with van der Waals surface area (Å²) in [5.41, 5.74) is 1.11. The molecule has 2 rings (SSSR count). The zero-order valence-corrected chi connectivity index (χ0v) is 11.7. The minimum Gasteiger partial charge on any atom is -0.478 e. The zero-order chi connectivity index (χ0) is 15.6. The number of carboxylic acids is 1. The van der Waals surface area contributed by atoms with E-state index in [1.54, 1.807) is 19.1 Å². The summed E-state index contributed by atoms with van der Waals surface area (Å²) in [6.07, 6.45) is 0.450. The first kappa shape index (κ1) is 14.7. The number of aryl methyl sites for hydroxylation is 1. The second kappa shape index (κ2) is 5.74. The number of nitrogens with one attached hydrogen (secondary N) is 1. The van der Waals surface area contributed by atoms with Gasteiger partial charge < -0.3 is 10.4 Å². The lowest BCUT2D eigenvalue weighted by Gasteiger charge is -2.19. The van der Waals surface area contributed by atoms with Gasteiger partial charge in [-0.1, -0.05) is 12.1 Å². The Bertz CT molecular complexity index is 652. The maximum Gasteiger partial charge on any atom is 0.337 e. The highest BCUT2D eigenvalue weighted by Crippen LogP contribution is 2.21. The Kier molecular flexibility index (Phi) is 4.02. The topological polar surface area (TPSA) is 99.1 Å². The van der Waals surface area contributed by atoms with Crippen LogP contribution in [-0.2, 0) is 9.59 Å². The van der Waals surface area contributed by atoms with Crippen molar-refractivity contribution in [2.45, 2.75) is 19.8 Å². The molecule has 2 amide bonds. The van der Waals surface area contributed by atoms with Gasteiger partial charge >= 0.3 is 5.97 Å². The molecule has 0 aromatic heterocycles. The van der Waals surface area contributed by atoms with Crippen LogP contribution >= 0.6 is 0 Å². The van der Waals surface area contributed by atoms with Crippen molar-refractivity contribution in [3.63, 3.8) is 0 Å². The summed E-state index contributed by atoms with van der Waals surface area (Å²) in [7, 11) is 1.48. The number of carboxylic acid groups (broad SMARTS) is 1. The summed E-state index contributed by atoms with van der Waals surface area (Å²) < 4.78 is 0. The van der Waals surface area contributed by atoms with Crippen LogP contribution < -0.4 is 5.32 Å². The van der Waals surface area contributed by atoms with Crippen LogP contribution in [0.1, 0.15) is 28.8 Å². The first-order chi connectivity index (χ1) is 9.90. The van der Waals surface area contributed by atoms with Crippen LogP contribution in [0.2, 0.25) is 0 Å². The molecule has 0 atom stereocenters. The first-order valence-electron chi connectivity index (χ1n) is 6.38. The number of anilines is 1. The van der Waals surface area contributed by atoms with Gasteiger partial charge in [0.2, 0.25) is 5.91 Å². The molecule has 7 heteroatoms. The third-order valence-electron chi connectivity index (χ3n) is 3.21. The van der Waals surface area contributed by atoms with E-state index >= 15 is 0 Å². The monoisotopic (exact) mass is 289 g/mol. The molecular weight excluding hydrogens is 274 g/mol. The zero-order valence-electron chi connectivity index (χ0n) is 11.7. The number of hydrazone groups is 1. The highest BCUT2D eigenvalue weighted by Gasteiger charge is 2.23. The first-order valence-corrected chi connectivity index (χ1v) is 6.38. The number of hydrogen-bond donors (Lipinski definition) is 2. The molecule has 1 heterocycles. The average Bonchev–Trinajstić information content (AvgIpc) is 2.43. The van der Waals surface area contributed by atoms with E-state index < -0.39 is 11.9 Å². The maximum absolute atomic E-state index is 12.2. The summed E-state index contributed by atoms with van der Waals surface area (Å²) >= 11 is 0. The minimum absolute atomic E-state index is 0.0178. The molecule has 1 aromatic carbocycles. The molecular formula is C14H15N3O4. The molecule has 0 saturated carbocycles. The Morgan fingerprint density at radius 2 is 2.05 bits per heavy atom. The van der Waals surface area contributed by atoms with Gasteiger partial charge in [-0.15, -0.1) is 0 Å². The Balaban J connectivity index is 2.27. The van der Waals surface area contributed by atoms with Gasteiger partial charge in [-0.2, -0.15) is 5.10 Å². The second-order valence-corrected chi connectivity index (χ2v) is 4.72. The van der Waals surface area contributed by atoms with E-state index in [4.69, 9.17) is 5.11 Å². The number of carbonyl (C=O) groups excluding carboxylic acids is 2. The van der Waals surface area contributed by atoms with Crippen LogP contribution in [0.3, 0.4) is 0 Å². The Morgan fingerprint density at radius 3 is 2.67 bits per heavy atom. The van der Waals surface area contributed by atoms with E-state index in [-0.39, 0.29) is 35.7 Å². The Labute approximate surface area is 121 Å². The molecule has 0 unspecified atom stereocenters. The van der Waals surface area contributed by atoms with Crippen LogP contribution in [-0.4, -0.2) is 40.7 Å². The van der Waals surface area contributed by atoms with Crippen molar-refractivity contribution < 1.29 is 19.5 Å². The smallest absolute Gasteiger partial charge is 0.337 e. The predicted molar refractivity (Wildman–Crippen MR) is 76.2 cm³/mol. The largest absolute Gasteiger partial charge is 0.478 e. The fourth-order valence-electron chi connectivity index (χ4n) is 2.03. The molecule has 1 aliphatic heterocycles. The Hall–Kier alpha value is -2.70. The number of para-hydroxylation sites is 1. The average molecular weight is 289 g/mol. The number of carbonyl (C=O) groups is 3. The molecule has 7 nitrogen and oxygen atoms in total. The van der Waals surface area contributed by atoms with Gasteiger partial charge in [0.15, 0.2) is 0 Å². The van der Waals surface area contributed by atoms with Crippen LogP contribution in [0, 0.1) is 6.92 Å². The van der Waals surface area contributed by atoms with Crippen LogP contribution in [0.15, 0.2) is 23.3 Å². The lowest BCUT2D eigenvalue weighted by Crippen LogP contribution is -2.34.